The van der Waals surface area contributed by atoms with E-state index in [4.69, 9.17) is 4.74 Å². The SMILES string of the molecule is CNc1cc(Oc2cc(F)ccc2C)cc([N+](=O)[O-])c1. The van der Waals surface area contributed by atoms with Gasteiger partial charge in [0.2, 0.25) is 0 Å². The van der Waals surface area contributed by atoms with Gasteiger partial charge in [0.1, 0.15) is 17.3 Å². The van der Waals surface area contributed by atoms with Crippen molar-refractivity contribution < 1.29 is 14.1 Å². The summed E-state index contributed by atoms with van der Waals surface area (Å²) in [4.78, 5) is 10.3. The molecule has 0 amide bonds. The second-order valence-electron chi connectivity index (χ2n) is 4.23. The molecule has 20 heavy (non-hydrogen) atoms. The first kappa shape index (κ1) is 13.8. The first-order valence-corrected chi connectivity index (χ1v) is 5.91. The maximum Gasteiger partial charge on any atom is 0.275 e. The normalized spacial score (nSPS) is 10.2. The second-order valence-corrected chi connectivity index (χ2v) is 4.23. The molecule has 0 saturated heterocycles. The number of nitrogens with zero attached hydrogens (tertiary/aromatic N) is 1. The molecule has 0 aliphatic heterocycles. The number of nitrogens with one attached hydrogen (secondary N) is 1. The standard InChI is InChI=1S/C14H13FN2O3/c1-9-3-4-10(15)5-14(9)20-13-7-11(16-2)6-12(8-13)17(18)19/h3-8,16H,1-2H3. The highest BCUT2D eigenvalue weighted by molar-refractivity contribution is 5.57. The number of benzene rings is 2. The van der Waals surface area contributed by atoms with E-state index in [2.05, 4.69) is 5.32 Å². The third kappa shape index (κ3) is 3.03. The summed E-state index contributed by atoms with van der Waals surface area (Å²) in [5.74, 6) is 0.176. The Balaban J connectivity index is 2.39. The summed E-state index contributed by atoms with van der Waals surface area (Å²) in [6.07, 6.45) is 0. The van der Waals surface area contributed by atoms with Crippen LogP contribution >= 0.6 is 0 Å². The van der Waals surface area contributed by atoms with E-state index in [1.54, 1.807) is 26.1 Å². The Morgan fingerprint density at radius 3 is 2.65 bits per heavy atom. The molecule has 2 aromatic rings. The molecule has 0 saturated carbocycles. The summed E-state index contributed by atoms with van der Waals surface area (Å²) < 4.78 is 18.7. The van der Waals surface area contributed by atoms with Crippen LogP contribution in [0.5, 0.6) is 11.5 Å². The quantitative estimate of drug-likeness (QED) is 0.680. The van der Waals surface area contributed by atoms with E-state index in [1.165, 1.54) is 24.3 Å². The molecule has 0 fully saturated rings. The zero-order valence-electron chi connectivity index (χ0n) is 11.0. The molecule has 6 heteroatoms. The molecular weight excluding hydrogens is 263 g/mol. The molecular formula is C14H13FN2O3. The largest absolute Gasteiger partial charge is 0.457 e. The topological polar surface area (TPSA) is 64.4 Å². The molecule has 0 unspecified atom stereocenters. The number of nitro benzene ring substituents is 1. The third-order valence-electron chi connectivity index (χ3n) is 2.77. The summed E-state index contributed by atoms with van der Waals surface area (Å²) in [5, 5.41) is 13.7. The van der Waals surface area contributed by atoms with E-state index in [0.717, 1.165) is 5.56 Å². The Morgan fingerprint density at radius 1 is 1.25 bits per heavy atom. The zero-order chi connectivity index (χ0) is 14.7. The molecule has 5 nitrogen and oxygen atoms in total. The van der Waals surface area contributed by atoms with E-state index in [9.17, 15) is 14.5 Å². The van der Waals surface area contributed by atoms with Crippen molar-refractivity contribution in [3.05, 3.63) is 57.9 Å². The van der Waals surface area contributed by atoms with Gasteiger partial charge in [-0.3, -0.25) is 10.1 Å². The molecule has 0 aliphatic rings. The van der Waals surface area contributed by atoms with Crippen molar-refractivity contribution in [2.75, 3.05) is 12.4 Å². The lowest BCUT2D eigenvalue weighted by Gasteiger charge is -2.10. The molecule has 0 radical (unpaired) electrons. The van der Waals surface area contributed by atoms with Crippen LogP contribution < -0.4 is 10.1 Å². The van der Waals surface area contributed by atoms with Gasteiger partial charge in [-0.1, -0.05) is 6.07 Å². The van der Waals surface area contributed by atoms with Crippen LogP contribution in [-0.4, -0.2) is 12.0 Å². The van der Waals surface area contributed by atoms with Crippen molar-refractivity contribution >= 4 is 11.4 Å². The molecule has 2 aromatic carbocycles. The maximum atomic E-state index is 13.2. The molecule has 0 bridgehead atoms. The Hall–Kier alpha value is -2.63. The fraction of sp³-hybridized carbons (Fsp3) is 0.143. The van der Waals surface area contributed by atoms with E-state index in [0.29, 0.717) is 11.4 Å². The number of non-ortho nitro benzene ring substituents is 1. The van der Waals surface area contributed by atoms with Gasteiger partial charge in [-0.05, 0) is 18.6 Å². The number of ether oxygens (including phenoxy) is 1. The van der Waals surface area contributed by atoms with Gasteiger partial charge in [-0.2, -0.15) is 0 Å². The van der Waals surface area contributed by atoms with Crippen molar-refractivity contribution in [1.82, 2.24) is 0 Å². The predicted molar refractivity (Wildman–Crippen MR) is 73.9 cm³/mol. The van der Waals surface area contributed by atoms with Gasteiger partial charge in [0, 0.05) is 30.9 Å². The number of rotatable bonds is 4. The van der Waals surface area contributed by atoms with Crippen LogP contribution in [0.1, 0.15) is 5.56 Å². The smallest absolute Gasteiger partial charge is 0.275 e. The third-order valence-corrected chi connectivity index (χ3v) is 2.77. The Kier molecular flexibility index (Phi) is 3.84. The van der Waals surface area contributed by atoms with E-state index < -0.39 is 10.7 Å². The van der Waals surface area contributed by atoms with Crippen molar-refractivity contribution in [3.63, 3.8) is 0 Å². The van der Waals surface area contributed by atoms with E-state index >= 15 is 0 Å². The van der Waals surface area contributed by atoms with Crippen molar-refractivity contribution in [2.24, 2.45) is 0 Å². The number of nitro groups is 1. The lowest BCUT2D eigenvalue weighted by atomic mass is 10.2. The first-order chi connectivity index (χ1) is 9.49. The van der Waals surface area contributed by atoms with Gasteiger partial charge in [-0.15, -0.1) is 0 Å². The fourth-order valence-corrected chi connectivity index (χ4v) is 1.70. The summed E-state index contributed by atoms with van der Waals surface area (Å²) in [6, 6.07) is 8.46. The highest BCUT2D eigenvalue weighted by Gasteiger charge is 2.12. The van der Waals surface area contributed by atoms with Crippen LogP contribution in [0.2, 0.25) is 0 Å². The van der Waals surface area contributed by atoms with Crippen molar-refractivity contribution in [2.45, 2.75) is 6.92 Å². The second kappa shape index (κ2) is 5.56. The summed E-state index contributed by atoms with van der Waals surface area (Å²) in [6.45, 7) is 1.77. The number of halogens is 1. The molecule has 0 aliphatic carbocycles. The minimum absolute atomic E-state index is 0.0964. The monoisotopic (exact) mass is 276 g/mol. The van der Waals surface area contributed by atoms with Crippen molar-refractivity contribution in [3.8, 4) is 11.5 Å². The lowest BCUT2D eigenvalue weighted by molar-refractivity contribution is -0.384. The number of anilines is 1. The zero-order valence-corrected chi connectivity index (χ0v) is 11.0. The summed E-state index contributed by atoms with van der Waals surface area (Å²) in [5.41, 5.74) is 1.19. The fourth-order valence-electron chi connectivity index (χ4n) is 1.70. The Bertz CT molecular complexity index is 659. The van der Waals surface area contributed by atoms with E-state index in [-0.39, 0.29) is 11.4 Å². The van der Waals surface area contributed by atoms with Crippen LogP contribution in [-0.2, 0) is 0 Å². The van der Waals surface area contributed by atoms with Gasteiger partial charge in [0.25, 0.3) is 5.69 Å². The van der Waals surface area contributed by atoms with Gasteiger partial charge >= 0.3 is 0 Å². The Labute approximate surface area is 115 Å². The molecule has 104 valence electrons. The van der Waals surface area contributed by atoms with Crippen LogP contribution in [0.25, 0.3) is 0 Å². The average Bonchev–Trinajstić information content (AvgIpc) is 2.42. The maximum absolute atomic E-state index is 13.2. The number of hydrogen-bond acceptors (Lipinski definition) is 4. The van der Waals surface area contributed by atoms with Gasteiger partial charge in [0.15, 0.2) is 0 Å². The van der Waals surface area contributed by atoms with Crippen LogP contribution in [0.4, 0.5) is 15.8 Å². The molecule has 0 atom stereocenters. The van der Waals surface area contributed by atoms with Crippen LogP contribution in [0.15, 0.2) is 36.4 Å². The van der Waals surface area contributed by atoms with Crippen LogP contribution in [0, 0.1) is 22.9 Å². The predicted octanol–water partition coefficient (Wildman–Crippen LogP) is 3.88. The van der Waals surface area contributed by atoms with Gasteiger partial charge in [0.05, 0.1) is 11.0 Å². The number of aryl methyl sites for hydroxylation is 1. The lowest BCUT2D eigenvalue weighted by Crippen LogP contribution is -1.95. The highest BCUT2D eigenvalue weighted by atomic mass is 19.1. The van der Waals surface area contributed by atoms with E-state index in [1.807, 2.05) is 0 Å². The summed E-state index contributed by atoms with van der Waals surface area (Å²) >= 11 is 0. The first-order valence-electron chi connectivity index (χ1n) is 5.91. The molecule has 0 spiro atoms. The van der Waals surface area contributed by atoms with Gasteiger partial charge < -0.3 is 10.1 Å². The molecule has 2 rings (SSSR count). The minimum atomic E-state index is -0.508. The molecule has 1 N–H and O–H groups in total. The molecule has 0 heterocycles. The average molecular weight is 276 g/mol. The molecule has 0 aromatic heterocycles. The Morgan fingerprint density at radius 2 is 2.00 bits per heavy atom. The highest BCUT2D eigenvalue weighted by Crippen LogP contribution is 2.31. The number of hydrogen-bond donors (Lipinski definition) is 1. The van der Waals surface area contributed by atoms with Crippen LogP contribution in [0.3, 0.4) is 0 Å². The van der Waals surface area contributed by atoms with Crippen molar-refractivity contribution in [1.29, 1.82) is 0 Å². The van der Waals surface area contributed by atoms with Gasteiger partial charge in [-0.25, -0.2) is 4.39 Å². The summed E-state index contributed by atoms with van der Waals surface area (Å²) in [7, 11) is 1.65. The minimum Gasteiger partial charge on any atom is -0.457 e.